The van der Waals surface area contributed by atoms with Crippen LogP contribution in [0.2, 0.25) is 5.02 Å². The van der Waals surface area contributed by atoms with Crippen molar-refractivity contribution in [3.8, 4) is 5.75 Å². The topological polar surface area (TPSA) is 21.3 Å². The summed E-state index contributed by atoms with van der Waals surface area (Å²) in [6.07, 6.45) is 0.189. The molecule has 1 atom stereocenters. The van der Waals surface area contributed by atoms with E-state index in [1.54, 1.807) is 0 Å². The van der Waals surface area contributed by atoms with Crippen LogP contribution in [0.25, 0.3) is 0 Å². The zero-order valence-corrected chi connectivity index (χ0v) is 13.7. The van der Waals surface area contributed by atoms with Gasteiger partial charge >= 0.3 is 0 Å². The first kappa shape index (κ1) is 15.9. The van der Waals surface area contributed by atoms with Gasteiger partial charge in [0.1, 0.15) is 5.75 Å². The van der Waals surface area contributed by atoms with Crippen LogP contribution in [0, 0.1) is 6.92 Å². The van der Waals surface area contributed by atoms with Gasteiger partial charge in [0.25, 0.3) is 0 Å². The Balaban J connectivity index is 2.28. The lowest BCUT2D eigenvalue weighted by atomic mass is 9.95. The highest BCUT2D eigenvalue weighted by Crippen LogP contribution is 2.28. The van der Waals surface area contributed by atoms with Crippen LogP contribution < -0.4 is 10.1 Å². The van der Waals surface area contributed by atoms with Gasteiger partial charge in [-0.1, -0.05) is 29.8 Å². The lowest BCUT2D eigenvalue weighted by molar-refractivity contribution is 0.242. The van der Waals surface area contributed by atoms with Crippen LogP contribution in [-0.2, 0) is 0 Å². The van der Waals surface area contributed by atoms with E-state index in [4.69, 9.17) is 16.3 Å². The summed E-state index contributed by atoms with van der Waals surface area (Å²) in [5.41, 5.74) is 3.63. The van der Waals surface area contributed by atoms with Gasteiger partial charge in [0.2, 0.25) is 0 Å². The number of ether oxygens (including phenoxy) is 1. The molecule has 0 radical (unpaired) electrons. The number of halogens is 1. The molecule has 112 valence electrons. The highest BCUT2D eigenvalue weighted by Gasteiger charge is 2.14. The Kier molecular flexibility index (Phi) is 5.27. The van der Waals surface area contributed by atoms with Gasteiger partial charge in [-0.3, -0.25) is 0 Å². The maximum absolute atomic E-state index is 6.04. The second-order valence-electron chi connectivity index (χ2n) is 5.46. The van der Waals surface area contributed by atoms with Crippen LogP contribution in [0.1, 0.15) is 36.6 Å². The van der Waals surface area contributed by atoms with E-state index in [-0.39, 0.29) is 12.1 Å². The lowest BCUT2D eigenvalue weighted by Gasteiger charge is -2.20. The van der Waals surface area contributed by atoms with Crippen LogP contribution in [-0.4, -0.2) is 13.2 Å². The molecule has 0 aromatic heterocycles. The van der Waals surface area contributed by atoms with Gasteiger partial charge in [-0.25, -0.2) is 0 Å². The van der Waals surface area contributed by atoms with Crippen LogP contribution in [0.15, 0.2) is 42.5 Å². The normalized spacial score (nSPS) is 12.5. The summed E-state index contributed by atoms with van der Waals surface area (Å²) >= 11 is 6.04. The van der Waals surface area contributed by atoms with E-state index < -0.39 is 0 Å². The molecule has 2 aromatic carbocycles. The summed E-state index contributed by atoms with van der Waals surface area (Å²) in [7, 11) is 1.97. The van der Waals surface area contributed by atoms with Gasteiger partial charge in [-0.2, -0.15) is 0 Å². The van der Waals surface area contributed by atoms with Crippen LogP contribution >= 0.6 is 11.6 Å². The number of rotatable bonds is 5. The number of benzene rings is 2. The van der Waals surface area contributed by atoms with E-state index in [0.29, 0.717) is 0 Å². The smallest absolute Gasteiger partial charge is 0.119 e. The lowest BCUT2D eigenvalue weighted by Crippen LogP contribution is -2.18. The highest BCUT2D eigenvalue weighted by atomic mass is 35.5. The SMILES string of the molecule is CNC(c1ccc(OC(C)C)cc1)c1ccc(Cl)cc1C. The first-order chi connectivity index (χ1) is 10.0. The molecule has 21 heavy (non-hydrogen) atoms. The van der Waals surface area contributed by atoms with Gasteiger partial charge < -0.3 is 10.1 Å². The van der Waals surface area contributed by atoms with E-state index in [1.165, 1.54) is 16.7 Å². The number of aryl methyl sites for hydroxylation is 1. The molecule has 2 rings (SSSR count). The Bertz CT molecular complexity index is 593. The molecular weight excluding hydrogens is 282 g/mol. The van der Waals surface area contributed by atoms with E-state index in [9.17, 15) is 0 Å². The van der Waals surface area contributed by atoms with Crippen molar-refractivity contribution in [3.63, 3.8) is 0 Å². The summed E-state index contributed by atoms with van der Waals surface area (Å²) in [6.45, 7) is 6.14. The molecule has 3 heteroatoms. The average molecular weight is 304 g/mol. The third kappa shape index (κ3) is 3.99. The Morgan fingerprint density at radius 2 is 1.71 bits per heavy atom. The Morgan fingerprint density at radius 3 is 2.24 bits per heavy atom. The maximum atomic E-state index is 6.04. The predicted molar refractivity (Wildman–Crippen MR) is 89.3 cm³/mol. The van der Waals surface area contributed by atoms with Crippen molar-refractivity contribution >= 4 is 11.6 Å². The maximum Gasteiger partial charge on any atom is 0.119 e. The molecule has 0 fully saturated rings. The van der Waals surface area contributed by atoms with Crippen molar-refractivity contribution in [2.75, 3.05) is 7.05 Å². The van der Waals surface area contributed by atoms with Gasteiger partial charge in [-0.15, -0.1) is 0 Å². The fourth-order valence-electron chi connectivity index (χ4n) is 2.48. The van der Waals surface area contributed by atoms with Crippen molar-refractivity contribution in [1.29, 1.82) is 0 Å². The first-order valence-corrected chi connectivity index (χ1v) is 7.59. The quantitative estimate of drug-likeness (QED) is 0.861. The summed E-state index contributed by atoms with van der Waals surface area (Å²) in [4.78, 5) is 0. The molecule has 2 nitrogen and oxygen atoms in total. The third-order valence-electron chi connectivity index (χ3n) is 3.42. The average Bonchev–Trinajstić information content (AvgIpc) is 2.43. The minimum atomic E-state index is 0.148. The number of hydrogen-bond donors (Lipinski definition) is 1. The fraction of sp³-hybridized carbons (Fsp3) is 0.333. The van der Waals surface area contributed by atoms with E-state index in [1.807, 2.05) is 45.2 Å². The predicted octanol–water partition coefficient (Wildman–Crippen LogP) is 4.74. The van der Waals surface area contributed by atoms with E-state index in [0.717, 1.165) is 10.8 Å². The van der Waals surface area contributed by atoms with Crippen LogP contribution in [0.3, 0.4) is 0 Å². The van der Waals surface area contributed by atoms with Gasteiger partial charge in [0.15, 0.2) is 0 Å². The van der Waals surface area contributed by atoms with Crippen molar-refractivity contribution in [2.45, 2.75) is 32.9 Å². The molecule has 0 aliphatic carbocycles. The fourth-order valence-corrected chi connectivity index (χ4v) is 2.70. The Morgan fingerprint density at radius 1 is 1.05 bits per heavy atom. The molecule has 0 spiro atoms. The second kappa shape index (κ2) is 6.97. The van der Waals surface area contributed by atoms with Gasteiger partial charge in [-0.05, 0) is 68.8 Å². The molecular formula is C18H22ClNO. The first-order valence-electron chi connectivity index (χ1n) is 7.21. The van der Waals surface area contributed by atoms with Crippen molar-refractivity contribution < 1.29 is 4.74 Å². The Hall–Kier alpha value is -1.51. The monoisotopic (exact) mass is 303 g/mol. The van der Waals surface area contributed by atoms with E-state index >= 15 is 0 Å². The minimum Gasteiger partial charge on any atom is -0.491 e. The summed E-state index contributed by atoms with van der Waals surface area (Å²) in [6, 6.07) is 14.4. The van der Waals surface area contributed by atoms with Crippen molar-refractivity contribution in [1.82, 2.24) is 5.32 Å². The largest absolute Gasteiger partial charge is 0.491 e. The van der Waals surface area contributed by atoms with E-state index in [2.05, 4.69) is 30.4 Å². The van der Waals surface area contributed by atoms with Crippen molar-refractivity contribution in [3.05, 3.63) is 64.2 Å². The molecule has 0 aliphatic heterocycles. The Labute approximate surface area is 132 Å². The third-order valence-corrected chi connectivity index (χ3v) is 3.65. The summed E-state index contributed by atoms with van der Waals surface area (Å²) in [5.74, 6) is 0.899. The molecule has 0 amide bonds. The molecule has 0 saturated heterocycles. The second-order valence-corrected chi connectivity index (χ2v) is 5.89. The van der Waals surface area contributed by atoms with Gasteiger partial charge in [0.05, 0.1) is 12.1 Å². The van der Waals surface area contributed by atoms with Crippen LogP contribution in [0.4, 0.5) is 0 Å². The molecule has 2 aromatic rings. The summed E-state index contributed by atoms with van der Waals surface area (Å²) < 4.78 is 5.69. The minimum absolute atomic E-state index is 0.148. The zero-order chi connectivity index (χ0) is 15.4. The molecule has 1 N–H and O–H groups in total. The zero-order valence-electron chi connectivity index (χ0n) is 13.0. The highest BCUT2D eigenvalue weighted by molar-refractivity contribution is 6.30. The molecule has 0 bridgehead atoms. The number of nitrogens with one attached hydrogen (secondary N) is 1. The number of hydrogen-bond acceptors (Lipinski definition) is 2. The van der Waals surface area contributed by atoms with Crippen LogP contribution in [0.5, 0.6) is 5.75 Å². The molecule has 0 saturated carbocycles. The summed E-state index contributed by atoms with van der Waals surface area (Å²) in [5, 5.41) is 4.14. The van der Waals surface area contributed by atoms with Gasteiger partial charge in [0, 0.05) is 5.02 Å². The standard InChI is InChI=1S/C18H22ClNO/c1-12(2)21-16-8-5-14(6-9-16)18(20-4)17-10-7-15(19)11-13(17)3/h5-12,18,20H,1-4H3. The molecule has 0 aliphatic rings. The molecule has 0 heterocycles. The van der Waals surface area contributed by atoms with Crippen molar-refractivity contribution in [2.24, 2.45) is 0 Å². The molecule has 1 unspecified atom stereocenters.